The molecular formula is C76H147NO5. The summed E-state index contributed by atoms with van der Waals surface area (Å²) in [5, 5.41) is 23.3. The predicted molar refractivity (Wildman–Crippen MR) is 361 cm³/mol. The molecule has 0 aliphatic carbocycles. The third kappa shape index (κ3) is 67.5. The average molecular weight is 1160 g/mol. The van der Waals surface area contributed by atoms with E-state index in [-0.39, 0.29) is 18.5 Å². The average Bonchev–Trinajstić information content (AvgIpc) is 3.48. The van der Waals surface area contributed by atoms with E-state index in [4.69, 9.17) is 4.74 Å². The van der Waals surface area contributed by atoms with Gasteiger partial charge in [0.1, 0.15) is 0 Å². The fraction of sp³-hybridized carbons (Fsp3) is 0.921. The second kappa shape index (κ2) is 71.8. The number of carbonyl (C=O) groups is 2. The molecule has 0 radical (unpaired) electrons. The van der Waals surface area contributed by atoms with Crippen molar-refractivity contribution in [1.82, 2.24) is 5.32 Å². The van der Waals surface area contributed by atoms with Crippen molar-refractivity contribution in [2.45, 2.75) is 437 Å². The number of hydrogen-bond donors (Lipinski definition) is 3. The lowest BCUT2D eigenvalue weighted by atomic mass is 10.0. The first-order valence-electron chi connectivity index (χ1n) is 37.6. The zero-order valence-corrected chi connectivity index (χ0v) is 55.8. The first-order chi connectivity index (χ1) is 40.5. The van der Waals surface area contributed by atoms with E-state index in [9.17, 15) is 19.8 Å². The first-order valence-corrected chi connectivity index (χ1v) is 37.6. The van der Waals surface area contributed by atoms with Crippen molar-refractivity contribution < 1.29 is 24.5 Å². The number of carbonyl (C=O) groups excluding carboxylic acids is 2. The van der Waals surface area contributed by atoms with Gasteiger partial charge in [0, 0.05) is 12.8 Å². The molecule has 3 N–H and O–H groups in total. The van der Waals surface area contributed by atoms with E-state index in [1.54, 1.807) is 6.08 Å². The Hall–Kier alpha value is -1.66. The molecule has 486 valence electrons. The quantitative estimate of drug-likeness (QED) is 0.0320. The molecule has 0 aliphatic heterocycles. The molecule has 0 bridgehead atoms. The number of rotatable bonds is 71. The molecule has 6 heteroatoms. The van der Waals surface area contributed by atoms with Crippen molar-refractivity contribution in [2.24, 2.45) is 0 Å². The number of allylic oxidation sites excluding steroid dienone is 3. The van der Waals surface area contributed by atoms with Crippen LogP contribution in [0.5, 0.6) is 0 Å². The Kier molecular flexibility index (Phi) is 70.4. The molecule has 0 saturated carbocycles. The van der Waals surface area contributed by atoms with Crippen LogP contribution in [0, 0.1) is 0 Å². The maximum absolute atomic E-state index is 12.5. The second-order valence-corrected chi connectivity index (χ2v) is 26.0. The predicted octanol–water partition coefficient (Wildman–Crippen LogP) is 24.5. The van der Waals surface area contributed by atoms with E-state index in [1.165, 1.54) is 360 Å². The Morgan fingerprint density at radius 2 is 0.573 bits per heavy atom. The Bertz CT molecular complexity index is 1280. The topological polar surface area (TPSA) is 95.9 Å². The number of hydrogen-bond acceptors (Lipinski definition) is 5. The lowest BCUT2D eigenvalue weighted by Crippen LogP contribution is -2.45. The number of amides is 1. The fourth-order valence-electron chi connectivity index (χ4n) is 12.0. The maximum atomic E-state index is 12.5. The third-order valence-electron chi connectivity index (χ3n) is 17.7. The minimum atomic E-state index is -0.845. The van der Waals surface area contributed by atoms with Crippen LogP contribution >= 0.6 is 0 Å². The van der Waals surface area contributed by atoms with Crippen LogP contribution in [-0.4, -0.2) is 47.4 Å². The van der Waals surface area contributed by atoms with Gasteiger partial charge in [-0.05, 0) is 57.8 Å². The Labute approximate surface area is 513 Å². The summed E-state index contributed by atoms with van der Waals surface area (Å²) in [5.74, 6) is -0.0432. The Morgan fingerprint density at radius 1 is 0.329 bits per heavy atom. The highest BCUT2D eigenvalue weighted by Gasteiger charge is 2.18. The second-order valence-electron chi connectivity index (χ2n) is 26.0. The van der Waals surface area contributed by atoms with Gasteiger partial charge in [-0.1, -0.05) is 378 Å². The summed E-state index contributed by atoms with van der Waals surface area (Å²) in [7, 11) is 0. The van der Waals surface area contributed by atoms with Crippen LogP contribution < -0.4 is 5.32 Å². The van der Waals surface area contributed by atoms with Gasteiger partial charge in [0.25, 0.3) is 0 Å². The molecule has 0 fully saturated rings. The highest BCUT2D eigenvalue weighted by Crippen LogP contribution is 2.19. The molecule has 0 aromatic heterocycles. The monoisotopic (exact) mass is 1150 g/mol. The van der Waals surface area contributed by atoms with Crippen molar-refractivity contribution in [3.05, 3.63) is 24.3 Å². The zero-order valence-electron chi connectivity index (χ0n) is 55.8. The smallest absolute Gasteiger partial charge is 0.305 e. The number of aliphatic hydroxyl groups is 2. The van der Waals surface area contributed by atoms with Crippen molar-refractivity contribution >= 4 is 11.9 Å². The van der Waals surface area contributed by atoms with Gasteiger partial charge >= 0.3 is 5.97 Å². The Morgan fingerprint density at radius 3 is 0.866 bits per heavy atom. The molecule has 82 heavy (non-hydrogen) atoms. The molecule has 0 heterocycles. The molecule has 0 aromatic carbocycles. The third-order valence-corrected chi connectivity index (χ3v) is 17.7. The SMILES string of the molecule is CCCCCCCCCCCCCCCCCCCCCC/C=C/C(O)C(CO)NC(=O)CCCCCCCCCCCCCCC/C=C\CCCCCCCCCCCCCCOC(=O)CCCCCCCCCCCCCCCC. The van der Waals surface area contributed by atoms with Gasteiger partial charge in [0.05, 0.1) is 25.4 Å². The number of esters is 1. The minimum absolute atomic E-state index is 0.0193. The molecule has 1 amide bonds. The van der Waals surface area contributed by atoms with Gasteiger partial charge in [-0.15, -0.1) is 0 Å². The maximum Gasteiger partial charge on any atom is 0.305 e. The van der Waals surface area contributed by atoms with E-state index < -0.39 is 12.1 Å². The molecule has 6 nitrogen and oxygen atoms in total. The highest BCUT2D eigenvalue weighted by molar-refractivity contribution is 5.76. The molecule has 0 aliphatic rings. The lowest BCUT2D eigenvalue weighted by molar-refractivity contribution is -0.143. The van der Waals surface area contributed by atoms with Crippen LogP contribution in [0.15, 0.2) is 24.3 Å². The van der Waals surface area contributed by atoms with Crippen LogP contribution in [-0.2, 0) is 14.3 Å². The van der Waals surface area contributed by atoms with Gasteiger partial charge in [0.15, 0.2) is 0 Å². The van der Waals surface area contributed by atoms with E-state index in [0.29, 0.717) is 19.4 Å². The number of unbranched alkanes of at least 4 members (excludes halogenated alkanes) is 58. The zero-order chi connectivity index (χ0) is 59.2. The van der Waals surface area contributed by atoms with Crippen LogP contribution in [0.2, 0.25) is 0 Å². The molecule has 0 rings (SSSR count). The summed E-state index contributed by atoms with van der Waals surface area (Å²) < 4.78 is 5.50. The summed E-state index contributed by atoms with van der Waals surface area (Å²) in [5.41, 5.74) is 0. The number of nitrogens with one attached hydrogen (secondary N) is 1. The van der Waals surface area contributed by atoms with Gasteiger partial charge in [-0.25, -0.2) is 0 Å². The molecule has 2 atom stereocenters. The van der Waals surface area contributed by atoms with Crippen molar-refractivity contribution in [3.8, 4) is 0 Å². The number of ether oxygens (including phenoxy) is 1. The van der Waals surface area contributed by atoms with Crippen molar-refractivity contribution in [3.63, 3.8) is 0 Å². The van der Waals surface area contributed by atoms with Gasteiger partial charge in [0.2, 0.25) is 5.91 Å². The summed E-state index contributed by atoms with van der Waals surface area (Å²) in [6, 6.07) is -0.628. The number of aliphatic hydroxyl groups excluding tert-OH is 2. The molecule has 2 unspecified atom stereocenters. The van der Waals surface area contributed by atoms with E-state index in [0.717, 1.165) is 38.5 Å². The summed E-state index contributed by atoms with van der Waals surface area (Å²) >= 11 is 0. The van der Waals surface area contributed by atoms with Crippen LogP contribution in [0.4, 0.5) is 0 Å². The van der Waals surface area contributed by atoms with Crippen molar-refractivity contribution in [2.75, 3.05) is 13.2 Å². The van der Waals surface area contributed by atoms with Gasteiger partial charge < -0.3 is 20.3 Å². The molecule has 0 aromatic rings. The Balaban J connectivity index is 3.39. The van der Waals surface area contributed by atoms with Crippen LogP contribution in [0.25, 0.3) is 0 Å². The van der Waals surface area contributed by atoms with Crippen LogP contribution in [0.3, 0.4) is 0 Å². The molecule has 0 saturated heterocycles. The summed E-state index contributed by atoms with van der Waals surface area (Å²) in [6.07, 6.45) is 91.3. The largest absolute Gasteiger partial charge is 0.466 e. The molecular weight excluding hydrogens is 1010 g/mol. The van der Waals surface area contributed by atoms with Gasteiger partial charge in [-0.3, -0.25) is 9.59 Å². The fourth-order valence-corrected chi connectivity index (χ4v) is 12.0. The van der Waals surface area contributed by atoms with Gasteiger partial charge in [-0.2, -0.15) is 0 Å². The first kappa shape index (κ1) is 80.3. The summed E-state index contributed by atoms with van der Waals surface area (Å²) in [4.78, 5) is 24.6. The van der Waals surface area contributed by atoms with E-state index in [1.807, 2.05) is 6.08 Å². The van der Waals surface area contributed by atoms with Crippen LogP contribution in [0.1, 0.15) is 425 Å². The minimum Gasteiger partial charge on any atom is -0.466 e. The standard InChI is InChI=1S/C76H147NO5/c1-3-5-7-9-11-13-15-17-19-20-21-22-32-35-38-41-44-48-52-56-60-64-68-74(79)73(72-78)77-75(80)69-65-61-57-53-49-45-42-39-36-33-30-28-26-24-23-25-27-29-31-34-37-40-43-47-51-55-59-63-67-71-82-76(81)70-66-62-58-54-50-46-18-16-14-12-10-8-6-4-2/h23,25,64,68,73-74,78-79H,3-22,24,26-63,65-67,69-72H2,1-2H3,(H,77,80)/b25-23-,68-64+. The lowest BCUT2D eigenvalue weighted by Gasteiger charge is -2.20. The van der Waals surface area contributed by atoms with E-state index >= 15 is 0 Å². The summed E-state index contributed by atoms with van der Waals surface area (Å²) in [6.45, 7) is 4.95. The van der Waals surface area contributed by atoms with E-state index in [2.05, 4.69) is 31.3 Å². The van der Waals surface area contributed by atoms with Crippen molar-refractivity contribution in [1.29, 1.82) is 0 Å². The normalized spacial score (nSPS) is 12.6. The molecule has 0 spiro atoms. The highest BCUT2D eigenvalue weighted by atomic mass is 16.5.